The molecule has 0 bridgehead atoms. The van der Waals surface area contributed by atoms with E-state index >= 15 is 16.8 Å². The van der Waals surface area contributed by atoms with E-state index in [2.05, 4.69) is 84.5 Å². The molecule has 7 aromatic carbocycles. The lowest BCUT2D eigenvalue weighted by Gasteiger charge is -2.42. The van der Waals surface area contributed by atoms with E-state index in [0.29, 0.717) is 62.6 Å². The average molecular weight is 1760 g/mol. The number of rotatable bonds is 25. The lowest BCUT2D eigenvalue weighted by atomic mass is 9.98. The number of piperazine rings is 1. The number of aromatic nitrogens is 2. The van der Waals surface area contributed by atoms with Crippen LogP contribution in [0.25, 0.3) is 10.8 Å². The Morgan fingerprint density at radius 3 is 1.54 bits per heavy atom. The summed E-state index contributed by atoms with van der Waals surface area (Å²) in [7, 11) is -4.02. The molecule has 33 heteroatoms. The predicted octanol–water partition coefficient (Wildman–Crippen LogP) is 7.92. The standard InChI is InChI=1S/C60H72N10O10S2.C32H35ClFN7O2/c1-39(61-3)55(71)63-49-37-67(34-32-45-28-30-51(69(45)59(49)75)57(73)65-53(41-18-9-5-10-19-41)42-20-11-6-12-21-42)81(77,78)47-26-17-27-48(36-47)82(79,80)68-35-33-46-29-31-52(70(46)60(76)50(38-68)64-56(72)40(2)62-4)58(74)66-54(43-22-13-7-14-23-43)44-24-15-8-16-25-44;1-21(34)31(42)41-17-16-40(18-23(41)11-13-35)30-25-12-15-39(28-10-4-7-22-6-3-9-26(33)29(22)28)19-27(25)36-32(37-30)43-20-24-8-5-14-38(24)2/h5-27,36,39-40,45-46,49-54,61-62H,28-35,37-38H2,1-4H3,(H,63,71)(H,64,72)(H,65,73)(H,66,74);3-4,6-7,9-10,23-24H,1,5,8,11-12,14-20H2,2H3. The van der Waals surface area contributed by atoms with Gasteiger partial charge in [-0.3, -0.25) is 33.6 Å². The van der Waals surface area contributed by atoms with Crippen molar-refractivity contribution in [2.45, 2.75) is 167 Å². The number of hydrogen-bond donors (Lipinski definition) is 6. The van der Waals surface area contributed by atoms with Crippen LogP contribution in [-0.2, 0) is 66.6 Å². The summed E-state index contributed by atoms with van der Waals surface area (Å²) in [4.78, 5) is 119. The number of likely N-dealkylation sites (N-methyl/N-ethyl adjacent to an activating group) is 3. The second-order valence-electron chi connectivity index (χ2n) is 32.9. The van der Waals surface area contributed by atoms with Gasteiger partial charge in [-0.15, -0.1) is 0 Å². The van der Waals surface area contributed by atoms with Gasteiger partial charge in [0.05, 0.1) is 69.8 Å². The minimum Gasteiger partial charge on any atom is -0.462 e. The summed E-state index contributed by atoms with van der Waals surface area (Å²) in [6.45, 7) is 8.86. The van der Waals surface area contributed by atoms with Gasteiger partial charge in [-0.2, -0.15) is 23.8 Å². The number of benzene rings is 7. The number of halogens is 2. The zero-order chi connectivity index (χ0) is 88.4. The van der Waals surface area contributed by atoms with Crippen LogP contribution in [0.4, 0.5) is 15.9 Å². The number of likely N-dealkylation sites (tertiary alicyclic amines) is 1. The van der Waals surface area contributed by atoms with Gasteiger partial charge in [-0.1, -0.05) is 170 Å². The summed E-state index contributed by atoms with van der Waals surface area (Å²) in [6.07, 6.45) is 4.51. The second kappa shape index (κ2) is 39.9. The molecule has 8 heterocycles. The van der Waals surface area contributed by atoms with Crippen LogP contribution in [0, 0.1) is 11.3 Å². The van der Waals surface area contributed by atoms with Crippen LogP contribution in [-0.4, -0.2) is 243 Å². The van der Waals surface area contributed by atoms with Crippen molar-refractivity contribution in [3.05, 3.63) is 233 Å². The van der Waals surface area contributed by atoms with Gasteiger partial charge >= 0.3 is 6.01 Å². The Kier molecular flexibility index (Phi) is 28.7. The van der Waals surface area contributed by atoms with Gasteiger partial charge in [-0.05, 0) is 157 Å². The second-order valence-corrected chi connectivity index (χ2v) is 37.2. The maximum atomic E-state index is 15.0. The van der Waals surface area contributed by atoms with Crippen molar-refractivity contribution in [3.63, 3.8) is 0 Å². The Hall–Kier alpha value is -11.3. The molecule has 1 aromatic heterocycles. The van der Waals surface area contributed by atoms with E-state index in [1.807, 2.05) is 140 Å². The minimum absolute atomic E-state index is 0.0792. The largest absolute Gasteiger partial charge is 0.462 e. The van der Waals surface area contributed by atoms with Gasteiger partial charge < -0.3 is 66.0 Å². The quantitative estimate of drug-likeness (QED) is 0.0296. The molecule has 0 saturated carbocycles. The molecule has 0 aliphatic carbocycles. The maximum absolute atomic E-state index is 15.0. The van der Waals surface area contributed by atoms with Gasteiger partial charge in [0.2, 0.25) is 55.5 Å². The lowest BCUT2D eigenvalue weighted by molar-refractivity contribution is -0.144. The highest BCUT2D eigenvalue weighted by Gasteiger charge is 2.50. The van der Waals surface area contributed by atoms with Crippen LogP contribution in [0.15, 0.2) is 204 Å². The number of nitrogens with one attached hydrogen (secondary N) is 6. The number of hydrogen-bond acceptors (Lipinski definition) is 20. The van der Waals surface area contributed by atoms with Crippen LogP contribution >= 0.6 is 11.6 Å². The Bertz CT molecular complexity index is 5260. The highest BCUT2D eigenvalue weighted by molar-refractivity contribution is 7.90. The summed E-state index contributed by atoms with van der Waals surface area (Å²) in [5.41, 5.74) is 6.28. The number of fused-ring (bicyclic) bond motifs is 4. The third-order valence-electron chi connectivity index (χ3n) is 25.3. The molecular weight excluding hydrogens is 1650 g/mol. The van der Waals surface area contributed by atoms with Crippen molar-refractivity contribution in [1.29, 1.82) is 5.26 Å². The number of ether oxygens (including phenoxy) is 1. The van der Waals surface area contributed by atoms with Gasteiger partial charge in [-0.25, -0.2) is 21.2 Å². The van der Waals surface area contributed by atoms with Crippen LogP contribution in [0.3, 0.4) is 0 Å². The van der Waals surface area contributed by atoms with Crippen molar-refractivity contribution < 1.29 is 59.5 Å². The summed E-state index contributed by atoms with van der Waals surface area (Å²) >= 11 is 6.68. The van der Waals surface area contributed by atoms with Gasteiger partial charge in [0, 0.05) is 87.1 Å². The van der Waals surface area contributed by atoms with E-state index in [0.717, 1.165) is 96.4 Å². The molecule has 6 saturated heterocycles. The van der Waals surface area contributed by atoms with E-state index in [-0.39, 0.29) is 51.7 Å². The lowest BCUT2D eigenvalue weighted by Crippen LogP contribution is -2.62. The zero-order valence-electron chi connectivity index (χ0n) is 70.7. The highest BCUT2D eigenvalue weighted by Crippen LogP contribution is 2.40. The average Bonchev–Trinajstić information content (AvgIpc) is 1.35. The van der Waals surface area contributed by atoms with Crippen molar-refractivity contribution in [2.24, 2.45) is 0 Å². The third kappa shape index (κ3) is 20.0. The molecule has 658 valence electrons. The Balaban J connectivity index is 0.000000246. The smallest absolute Gasteiger partial charge is 0.318 e. The molecule has 8 aromatic rings. The van der Waals surface area contributed by atoms with Gasteiger partial charge in [0.1, 0.15) is 36.6 Å². The topological polar surface area (TPSA) is 345 Å². The highest BCUT2D eigenvalue weighted by atomic mass is 35.5. The Morgan fingerprint density at radius 1 is 0.584 bits per heavy atom. The molecular formula is C92H107ClFN17O12S2. The first kappa shape index (κ1) is 90.0. The van der Waals surface area contributed by atoms with Crippen LogP contribution < -0.4 is 46.4 Å². The molecule has 0 radical (unpaired) electrons. The fraction of sp³-hybridized carbons (Fsp3) is 0.413. The monoisotopic (exact) mass is 1760 g/mol. The van der Waals surface area contributed by atoms with E-state index in [4.69, 9.17) is 26.3 Å². The molecule has 15 rings (SSSR count). The number of carbonyl (C=O) groups excluding carboxylic acids is 7. The van der Waals surface area contributed by atoms with Crippen molar-refractivity contribution in [1.82, 2.24) is 70.1 Å². The summed E-state index contributed by atoms with van der Waals surface area (Å²) in [6, 6.07) is 48.4. The molecule has 7 aliphatic heterocycles. The SMILES string of the molecule is C=C(F)C(=O)N1CCN(c2nc(OCC3CCCN3C)nc3c2CCN(c2cccc4cccc(Cl)c24)C3)CC1CC#N.CNC(C)C(=O)NC1CN(S(=O)(=O)c2cccc(S(=O)(=O)N3CCC4CCC(C(=O)NC(c5ccccc5)c5ccccc5)N4C(=O)C(NC(=O)C(C)NC)C3)c2)CCC2CCC(C(=O)NC(c3ccccc3)c3ccccc3)N2C1=O. The predicted molar refractivity (Wildman–Crippen MR) is 472 cm³/mol. The number of sulfonamides is 2. The first-order valence-corrected chi connectivity index (χ1v) is 45.9. The molecule has 6 N–H and O–H groups in total. The van der Waals surface area contributed by atoms with E-state index in [1.54, 1.807) is 27.9 Å². The van der Waals surface area contributed by atoms with Gasteiger partial charge in [0.25, 0.3) is 5.91 Å². The summed E-state index contributed by atoms with van der Waals surface area (Å²) in [5.74, 6) is -4.28. The molecule has 10 atom stereocenters. The first-order valence-electron chi connectivity index (χ1n) is 42.7. The molecule has 29 nitrogen and oxygen atoms in total. The fourth-order valence-corrected chi connectivity index (χ4v) is 21.5. The summed E-state index contributed by atoms with van der Waals surface area (Å²) < 4.78 is 82.2. The zero-order valence-corrected chi connectivity index (χ0v) is 73.1. The number of nitrogens with zero attached hydrogens (tertiary/aromatic N) is 11. The molecule has 10 unspecified atom stereocenters. The maximum Gasteiger partial charge on any atom is 0.318 e. The molecule has 125 heavy (non-hydrogen) atoms. The van der Waals surface area contributed by atoms with Crippen LogP contribution in [0.2, 0.25) is 5.02 Å². The fourth-order valence-electron chi connectivity index (χ4n) is 18.2. The van der Waals surface area contributed by atoms with Gasteiger partial charge in [0.15, 0.2) is 5.83 Å². The van der Waals surface area contributed by atoms with E-state index in [9.17, 15) is 43.2 Å². The Morgan fingerprint density at radius 2 is 1.07 bits per heavy atom. The van der Waals surface area contributed by atoms with Crippen LogP contribution in [0.1, 0.15) is 117 Å². The van der Waals surface area contributed by atoms with Crippen molar-refractivity contribution in [3.8, 4) is 12.1 Å². The molecule has 6 fully saturated rings. The molecule has 0 spiro atoms. The van der Waals surface area contributed by atoms with Crippen molar-refractivity contribution >= 4 is 95.3 Å². The number of anilines is 2. The molecule has 7 aliphatic rings. The normalized spacial score (nSPS) is 22.0. The number of amides is 7. The van der Waals surface area contributed by atoms with Crippen LogP contribution in [0.5, 0.6) is 6.01 Å². The minimum atomic E-state index is -4.63. The molecule has 7 amide bonds. The summed E-state index contributed by atoms with van der Waals surface area (Å²) in [5, 5.41) is 29.8. The van der Waals surface area contributed by atoms with Crippen molar-refractivity contribution in [2.75, 3.05) is 96.5 Å². The first-order chi connectivity index (χ1) is 60.2. The third-order valence-corrected chi connectivity index (χ3v) is 29.3. The number of nitriles is 1. The van der Waals surface area contributed by atoms with E-state index < -0.39 is 157 Å². The Labute approximate surface area is 734 Å². The van der Waals surface area contributed by atoms with E-state index in [1.165, 1.54) is 32.9 Å². The number of carbonyl (C=O) groups is 7.